The summed E-state index contributed by atoms with van der Waals surface area (Å²) in [5.41, 5.74) is 0.435. The molecule has 1 aliphatic carbocycles. The Morgan fingerprint density at radius 1 is 1.24 bits per heavy atom. The first-order valence-electron chi connectivity index (χ1n) is 8.49. The summed E-state index contributed by atoms with van der Waals surface area (Å²) in [5, 5.41) is 6.50. The third-order valence-corrected chi connectivity index (χ3v) is 4.43. The van der Waals surface area contributed by atoms with Gasteiger partial charge in [0.05, 0.1) is 12.0 Å². The molecule has 2 heterocycles. The van der Waals surface area contributed by atoms with Crippen LogP contribution in [0.25, 0.3) is 0 Å². The summed E-state index contributed by atoms with van der Waals surface area (Å²) in [6.07, 6.45) is 7.58. The van der Waals surface area contributed by atoms with Crippen LogP contribution in [-0.4, -0.2) is 31.8 Å². The Hall–Kier alpha value is -2.77. The number of aromatic nitrogens is 4. The molecule has 0 spiro atoms. The highest BCUT2D eigenvalue weighted by Gasteiger charge is 2.18. The zero-order valence-electron chi connectivity index (χ0n) is 13.9. The molecule has 1 fully saturated rings. The summed E-state index contributed by atoms with van der Waals surface area (Å²) in [6.45, 7) is 0.470. The second kappa shape index (κ2) is 7.87. The van der Waals surface area contributed by atoms with E-state index in [-0.39, 0.29) is 30.1 Å². The lowest BCUT2D eigenvalue weighted by Crippen LogP contribution is -2.36. The molecule has 3 rings (SSSR count). The van der Waals surface area contributed by atoms with E-state index in [1.165, 1.54) is 35.7 Å². The van der Waals surface area contributed by atoms with Crippen molar-refractivity contribution < 1.29 is 4.79 Å². The average molecular weight is 343 g/mol. The minimum absolute atomic E-state index is 0.105. The highest BCUT2D eigenvalue weighted by Crippen LogP contribution is 2.32. The van der Waals surface area contributed by atoms with Gasteiger partial charge in [-0.2, -0.15) is 5.10 Å². The third kappa shape index (κ3) is 4.40. The minimum atomic E-state index is -0.333. The molecule has 8 nitrogen and oxygen atoms in total. The second-order valence-electron chi connectivity index (χ2n) is 6.20. The molecule has 0 bridgehead atoms. The molecule has 0 aromatic carbocycles. The van der Waals surface area contributed by atoms with E-state index >= 15 is 0 Å². The van der Waals surface area contributed by atoms with Crippen molar-refractivity contribution in [2.24, 2.45) is 0 Å². The maximum absolute atomic E-state index is 12.2. The summed E-state index contributed by atoms with van der Waals surface area (Å²) < 4.78 is 2.56. The van der Waals surface area contributed by atoms with Crippen molar-refractivity contribution in [1.82, 2.24) is 24.6 Å². The van der Waals surface area contributed by atoms with Crippen LogP contribution in [0.5, 0.6) is 0 Å². The minimum Gasteiger partial charge on any atom is -0.353 e. The highest BCUT2D eigenvalue weighted by atomic mass is 16.2. The monoisotopic (exact) mass is 343 g/mol. The van der Waals surface area contributed by atoms with E-state index in [1.807, 2.05) is 0 Å². The van der Waals surface area contributed by atoms with E-state index in [9.17, 15) is 14.4 Å². The number of carbonyl (C=O) groups is 1. The van der Waals surface area contributed by atoms with Crippen LogP contribution in [0, 0.1) is 0 Å². The number of hydrogen-bond donors (Lipinski definition) is 1. The number of hydrogen-bond acceptors (Lipinski definition) is 5. The molecule has 0 radical (unpaired) electrons. The molecule has 0 unspecified atom stereocenters. The van der Waals surface area contributed by atoms with Gasteiger partial charge in [-0.15, -0.1) is 0 Å². The molecule has 2 aromatic heterocycles. The lowest BCUT2D eigenvalue weighted by molar-refractivity contribution is -0.121. The molecular formula is C17H21N5O3. The van der Waals surface area contributed by atoms with E-state index in [4.69, 9.17) is 0 Å². The fourth-order valence-electron chi connectivity index (χ4n) is 3.07. The first-order chi connectivity index (χ1) is 12.1. The molecule has 8 heteroatoms. The fraction of sp³-hybridized carbons (Fsp3) is 0.471. The number of nitrogens with one attached hydrogen (secondary N) is 1. The molecular weight excluding hydrogens is 322 g/mol. The lowest BCUT2D eigenvalue weighted by Gasteiger charge is -2.11. The second-order valence-corrected chi connectivity index (χ2v) is 6.20. The van der Waals surface area contributed by atoms with Crippen molar-refractivity contribution in [3.8, 4) is 0 Å². The van der Waals surface area contributed by atoms with Crippen molar-refractivity contribution in [3.63, 3.8) is 0 Å². The third-order valence-electron chi connectivity index (χ3n) is 4.43. The van der Waals surface area contributed by atoms with Crippen LogP contribution in [0.2, 0.25) is 0 Å². The summed E-state index contributed by atoms with van der Waals surface area (Å²) >= 11 is 0. The standard InChI is InChI=1S/C17H21N5O3/c23-15(11-22-16(24)6-3-7-20-22)18-8-9-21-12-19-14(10-17(21)25)13-4-1-2-5-13/h3,6-7,10,12-13H,1-2,4-5,8-9,11H2,(H,18,23). The first-order valence-corrected chi connectivity index (χ1v) is 8.49. The maximum Gasteiger partial charge on any atom is 0.267 e. The van der Waals surface area contributed by atoms with Gasteiger partial charge in [-0.05, 0) is 18.9 Å². The molecule has 0 atom stereocenters. The van der Waals surface area contributed by atoms with Crippen molar-refractivity contribution in [1.29, 1.82) is 0 Å². The molecule has 1 N–H and O–H groups in total. The SMILES string of the molecule is O=C(Cn1ncccc1=O)NCCn1cnc(C2CCCC2)cc1=O. The van der Waals surface area contributed by atoms with Crippen molar-refractivity contribution in [2.75, 3.05) is 6.54 Å². The smallest absolute Gasteiger partial charge is 0.267 e. The van der Waals surface area contributed by atoms with Crippen LogP contribution in [0.1, 0.15) is 37.3 Å². The van der Waals surface area contributed by atoms with Gasteiger partial charge in [0, 0.05) is 37.3 Å². The van der Waals surface area contributed by atoms with E-state index in [0.29, 0.717) is 12.5 Å². The van der Waals surface area contributed by atoms with Crippen LogP contribution < -0.4 is 16.4 Å². The van der Waals surface area contributed by atoms with Crippen molar-refractivity contribution >= 4 is 5.91 Å². The molecule has 1 aliphatic rings. The van der Waals surface area contributed by atoms with E-state index in [0.717, 1.165) is 23.2 Å². The maximum atomic E-state index is 12.2. The number of amides is 1. The normalized spacial score (nSPS) is 14.6. The summed E-state index contributed by atoms with van der Waals surface area (Å²) in [5.74, 6) is 0.0723. The van der Waals surface area contributed by atoms with Crippen LogP contribution in [0.4, 0.5) is 0 Å². The Morgan fingerprint density at radius 2 is 2.04 bits per heavy atom. The predicted molar refractivity (Wildman–Crippen MR) is 91.2 cm³/mol. The van der Waals surface area contributed by atoms with Gasteiger partial charge in [-0.3, -0.25) is 19.0 Å². The largest absolute Gasteiger partial charge is 0.353 e. The number of carbonyl (C=O) groups excluding carboxylic acids is 1. The van der Waals surface area contributed by atoms with Crippen LogP contribution >= 0.6 is 0 Å². The van der Waals surface area contributed by atoms with E-state index in [1.54, 1.807) is 12.4 Å². The van der Waals surface area contributed by atoms with Crippen LogP contribution in [0.3, 0.4) is 0 Å². The van der Waals surface area contributed by atoms with Crippen LogP contribution in [-0.2, 0) is 17.9 Å². The zero-order chi connectivity index (χ0) is 17.6. The number of rotatable bonds is 6. The van der Waals surface area contributed by atoms with Gasteiger partial charge in [0.2, 0.25) is 5.91 Å². The van der Waals surface area contributed by atoms with E-state index < -0.39 is 0 Å². The molecule has 1 amide bonds. The molecule has 132 valence electrons. The van der Waals surface area contributed by atoms with Gasteiger partial charge in [-0.25, -0.2) is 9.67 Å². The van der Waals surface area contributed by atoms with Gasteiger partial charge in [0.25, 0.3) is 11.1 Å². The van der Waals surface area contributed by atoms with Crippen LogP contribution in [0.15, 0.2) is 40.3 Å². The fourth-order valence-corrected chi connectivity index (χ4v) is 3.07. The Bertz CT molecular complexity index is 852. The van der Waals surface area contributed by atoms with Gasteiger partial charge in [0.1, 0.15) is 6.54 Å². The molecule has 0 saturated heterocycles. The molecule has 2 aromatic rings. The Labute approximate surface area is 144 Å². The molecule has 25 heavy (non-hydrogen) atoms. The lowest BCUT2D eigenvalue weighted by atomic mass is 10.0. The van der Waals surface area contributed by atoms with E-state index in [2.05, 4.69) is 15.4 Å². The Kier molecular flexibility index (Phi) is 5.37. The summed E-state index contributed by atoms with van der Waals surface area (Å²) in [7, 11) is 0. The molecule has 1 saturated carbocycles. The predicted octanol–water partition coefficient (Wildman–Crippen LogP) is 0.274. The summed E-state index contributed by atoms with van der Waals surface area (Å²) in [4.78, 5) is 39.9. The van der Waals surface area contributed by atoms with Gasteiger partial charge >= 0.3 is 0 Å². The first kappa shape index (κ1) is 17.1. The Balaban J connectivity index is 1.51. The summed E-state index contributed by atoms with van der Waals surface area (Å²) in [6, 6.07) is 4.47. The highest BCUT2D eigenvalue weighted by molar-refractivity contribution is 5.75. The van der Waals surface area contributed by atoms with Gasteiger partial charge < -0.3 is 5.32 Å². The van der Waals surface area contributed by atoms with Crippen molar-refractivity contribution in [3.05, 3.63) is 57.1 Å². The number of nitrogens with zero attached hydrogens (tertiary/aromatic N) is 4. The van der Waals surface area contributed by atoms with Gasteiger partial charge in [0.15, 0.2) is 0 Å². The van der Waals surface area contributed by atoms with Gasteiger partial charge in [-0.1, -0.05) is 12.8 Å². The zero-order valence-corrected chi connectivity index (χ0v) is 13.9. The quantitative estimate of drug-likeness (QED) is 0.812. The average Bonchev–Trinajstić information content (AvgIpc) is 3.13. The topological polar surface area (TPSA) is 98.9 Å². The molecule has 0 aliphatic heterocycles. The van der Waals surface area contributed by atoms with Crippen molar-refractivity contribution in [2.45, 2.75) is 44.7 Å². The Morgan fingerprint density at radius 3 is 2.76 bits per heavy atom.